The molecule has 1 amide bonds. The van der Waals surface area contributed by atoms with E-state index in [4.69, 9.17) is 21.2 Å². The number of para-hydroxylation sites is 1. The minimum absolute atomic E-state index is 0.162. The molecule has 6 heteroatoms. The number of halogens is 1. The number of benzene rings is 3. The smallest absolute Gasteiger partial charge is 0.265 e. The molecule has 3 aromatic rings. The number of nitrogens with one attached hydrogen (secondary N) is 1. The Morgan fingerprint density at radius 1 is 0.964 bits per heavy atom. The van der Waals surface area contributed by atoms with E-state index in [-0.39, 0.29) is 12.5 Å². The van der Waals surface area contributed by atoms with Crippen LogP contribution in [0.5, 0.6) is 5.75 Å². The van der Waals surface area contributed by atoms with Gasteiger partial charge in [-0.05, 0) is 48.0 Å². The van der Waals surface area contributed by atoms with E-state index in [1.807, 2.05) is 66.7 Å². The predicted octanol–water partition coefficient (Wildman–Crippen LogP) is 4.91. The van der Waals surface area contributed by atoms with Gasteiger partial charge in [0.15, 0.2) is 6.61 Å². The van der Waals surface area contributed by atoms with E-state index in [0.29, 0.717) is 17.3 Å². The van der Waals surface area contributed by atoms with Crippen molar-refractivity contribution in [2.24, 2.45) is 5.16 Å². The number of hydrogen-bond acceptors (Lipinski definition) is 4. The average molecular weight is 395 g/mol. The molecule has 0 saturated carbocycles. The van der Waals surface area contributed by atoms with Gasteiger partial charge in [0.05, 0.1) is 6.21 Å². The summed E-state index contributed by atoms with van der Waals surface area (Å²) < 4.78 is 5.73. The molecule has 0 fully saturated rings. The number of oxime groups is 1. The van der Waals surface area contributed by atoms with E-state index >= 15 is 0 Å². The summed E-state index contributed by atoms with van der Waals surface area (Å²) in [6.07, 6.45) is 1.54. The third-order valence-corrected chi connectivity index (χ3v) is 4.13. The Labute approximate surface area is 168 Å². The summed E-state index contributed by atoms with van der Waals surface area (Å²) in [7, 11) is 0. The Hall–Kier alpha value is -3.31. The third kappa shape index (κ3) is 6.14. The summed E-state index contributed by atoms with van der Waals surface area (Å²) in [6.45, 7) is 0.233. The van der Waals surface area contributed by atoms with Gasteiger partial charge < -0.3 is 14.9 Å². The van der Waals surface area contributed by atoms with E-state index in [1.165, 1.54) is 6.21 Å². The van der Waals surface area contributed by atoms with E-state index in [0.717, 1.165) is 16.9 Å². The van der Waals surface area contributed by atoms with E-state index < -0.39 is 0 Å². The number of ether oxygens (including phenoxy) is 1. The Morgan fingerprint density at radius 3 is 2.43 bits per heavy atom. The Bertz CT molecular complexity index is 928. The van der Waals surface area contributed by atoms with Crippen molar-refractivity contribution in [1.82, 2.24) is 0 Å². The van der Waals surface area contributed by atoms with Crippen molar-refractivity contribution < 1.29 is 14.4 Å². The Morgan fingerprint density at radius 2 is 1.68 bits per heavy atom. The van der Waals surface area contributed by atoms with Crippen molar-refractivity contribution in [3.05, 3.63) is 95.0 Å². The molecular weight excluding hydrogens is 376 g/mol. The molecule has 0 spiro atoms. The van der Waals surface area contributed by atoms with Crippen molar-refractivity contribution in [2.75, 3.05) is 11.9 Å². The highest BCUT2D eigenvalue weighted by atomic mass is 35.5. The Kier molecular flexibility index (Phi) is 7.04. The van der Waals surface area contributed by atoms with Crippen LogP contribution < -0.4 is 10.1 Å². The van der Waals surface area contributed by atoms with Gasteiger partial charge >= 0.3 is 0 Å². The lowest BCUT2D eigenvalue weighted by molar-refractivity contribution is -0.120. The summed E-state index contributed by atoms with van der Waals surface area (Å²) >= 11 is 6.11. The van der Waals surface area contributed by atoms with Gasteiger partial charge in [-0.25, -0.2) is 0 Å². The zero-order valence-electron chi connectivity index (χ0n) is 15.0. The van der Waals surface area contributed by atoms with Gasteiger partial charge in [0, 0.05) is 16.3 Å². The monoisotopic (exact) mass is 394 g/mol. The number of amides is 1. The molecule has 0 atom stereocenters. The van der Waals surface area contributed by atoms with Crippen LogP contribution in [-0.4, -0.2) is 18.7 Å². The largest absolute Gasteiger partial charge is 0.489 e. The molecule has 0 bridgehead atoms. The SMILES string of the molecule is O=C(CON=Cc1ccc(OCc2ccccc2Cl)cc1)Nc1ccccc1. The first-order chi connectivity index (χ1) is 13.7. The van der Waals surface area contributed by atoms with Crippen LogP contribution in [0, 0.1) is 0 Å². The second-order valence-electron chi connectivity index (χ2n) is 5.87. The molecule has 1 N–H and O–H groups in total. The molecule has 0 unspecified atom stereocenters. The van der Waals surface area contributed by atoms with Crippen LogP contribution >= 0.6 is 11.6 Å². The molecule has 0 radical (unpaired) electrons. The van der Waals surface area contributed by atoms with Crippen LogP contribution in [0.3, 0.4) is 0 Å². The summed E-state index contributed by atoms with van der Waals surface area (Å²) in [4.78, 5) is 16.8. The first-order valence-electron chi connectivity index (χ1n) is 8.67. The second kappa shape index (κ2) is 10.1. The fraction of sp³-hybridized carbons (Fsp3) is 0.0909. The third-order valence-electron chi connectivity index (χ3n) is 3.76. The van der Waals surface area contributed by atoms with Crippen LogP contribution in [0.15, 0.2) is 84.0 Å². The number of carbonyl (C=O) groups is 1. The maximum atomic E-state index is 11.7. The molecule has 28 heavy (non-hydrogen) atoms. The molecule has 3 rings (SSSR count). The maximum absolute atomic E-state index is 11.7. The molecule has 0 heterocycles. The summed E-state index contributed by atoms with van der Waals surface area (Å²) in [5, 5.41) is 7.21. The van der Waals surface area contributed by atoms with Gasteiger partial charge in [0.2, 0.25) is 0 Å². The average Bonchev–Trinajstić information content (AvgIpc) is 2.72. The highest BCUT2D eigenvalue weighted by molar-refractivity contribution is 6.31. The van der Waals surface area contributed by atoms with Crippen LogP contribution in [0.4, 0.5) is 5.69 Å². The molecule has 5 nitrogen and oxygen atoms in total. The van der Waals surface area contributed by atoms with Gasteiger partial charge in [-0.1, -0.05) is 53.2 Å². The molecule has 0 aliphatic rings. The summed E-state index contributed by atoms with van der Waals surface area (Å²) in [5.74, 6) is 0.451. The van der Waals surface area contributed by atoms with E-state index in [2.05, 4.69) is 10.5 Å². The lowest BCUT2D eigenvalue weighted by Gasteiger charge is -2.07. The molecule has 0 aliphatic carbocycles. The summed E-state index contributed by atoms with van der Waals surface area (Å²) in [5.41, 5.74) is 2.47. The Balaban J connectivity index is 1.42. The molecule has 0 aliphatic heterocycles. The first kappa shape index (κ1) is 19.5. The number of rotatable bonds is 8. The van der Waals surface area contributed by atoms with Crippen molar-refractivity contribution in [2.45, 2.75) is 6.61 Å². The zero-order valence-corrected chi connectivity index (χ0v) is 15.8. The van der Waals surface area contributed by atoms with Crippen molar-refractivity contribution >= 4 is 29.4 Å². The second-order valence-corrected chi connectivity index (χ2v) is 6.28. The quantitative estimate of drug-likeness (QED) is 0.436. The van der Waals surface area contributed by atoms with Crippen molar-refractivity contribution in [3.63, 3.8) is 0 Å². The lowest BCUT2D eigenvalue weighted by Crippen LogP contribution is -2.16. The molecule has 0 saturated heterocycles. The minimum atomic E-state index is -0.272. The predicted molar refractivity (Wildman–Crippen MR) is 111 cm³/mol. The van der Waals surface area contributed by atoms with Gasteiger partial charge in [-0.3, -0.25) is 4.79 Å². The van der Waals surface area contributed by atoms with Crippen molar-refractivity contribution in [3.8, 4) is 5.75 Å². The van der Waals surface area contributed by atoms with Gasteiger partial charge in [-0.15, -0.1) is 0 Å². The van der Waals surface area contributed by atoms with Gasteiger partial charge in [0.25, 0.3) is 5.91 Å². The topological polar surface area (TPSA) is 59.9 Å². The highest BCUT2D eigenvalue weighted by Gasteiger charge is 2.02. The number of nitrogens with zero attached hydrogens (tertiary/aromatic N) is 1. The molecule has 3 aromatic carbocycles. The van der Waals surface area contributed by atoms with E-state index in [1.54, 1.807) is 12.1 Å². The normalized spacial score (nSPS) is 10.6. The highest BCUT2D eigenvalue weighted by Crippen LogP contribution is 2.18. The first-order valence-corrected chi connectivity index (χ1v) is 9.05. The number of hydrogen-bond donors (Lipinski definition) is 1. The van der Waals surface area contributed by atoms with Crippen molar-refractivity contribution in [1.29, 1.82) is 0 Å². The van der Waals surface area contributed by atoms with E-state index in [9.17, 15) is 4.79 Å². The lowest BCUT2D eigenvalue weighted by atomic mass is 10.2. The zero-order chi connectivity index (χ0) is 19.6. The van der Waals surface area contributed by atoms with Gasteiger partial charge in [-0.2, -0.15) is 0 Å². The van der Waals surface area contributed by atoms with Crippen LogP contribution in [0.25, 0.3) is 0 Å². The molecule has 0 aromatic heterocycles. The standard InChI is InChI=1S/C22H19ClN2O3/c23-21-9-5-4-6-18(21)15-27-20-12-10-17(11-13-20)14-24-28-16-22(26)25-19-7-2-1-3-8-19/h1-14H,15-16H2,(H,25,26). The van der Waals surface area contributed by atoms with Crippen LogP contribution in [-0.2, 0) is 16.2 Å². The summed E-state index contributed by atoms with van der Waals surface area (Å²) in [6, 6.07) is 24.1. The number of anilines is 1. The molecular formula is C22H19ClN2O3. The van der Waals surface area contributed by atoms with Crippen LogP contribution in [0.2, 0.25) is 5.02 Å². The number of carbonyl (C=O) groups excluding carboxylic acids is 1. The molecule has 142 valence electrons. The fourth-order valence-corrected chi connectivity index (χ4v) is 2.53. The maximum Gasteiger partial charge on any atom is 0.265 e. The van der Waals surface area contributed by atoms with Gasteiger partial charge in [0.1, 0.15) is 12.4 Å². The fourth-order valence-electron chi connectivity index (χ4n) is 2.34. The minimum Gasteiger partial charge on any atom is -0.489 e. The van der Waals surface area contributed by atoms with Crippen LogP contribution in [0.1, 0.15) is 11.1 Å².